The Morgan fingerprint density at radius 2 is 0.957 bits per heavy atom. The van der Waals surface area contributed by atoms with E-state index in [0.717, 1.165) is 0 Å². The van der Waals surface area contributed by atoms with Crippen molar-refractivity contribution in [2.75, 3.05) is 0 Å². The van der Waals surface area contributed by atoms with E-state index >= 15 is 0 Å². The Hall–Kier alpha value is -1.82. The SMILES string of the molecule is CC(C)O[Si](Oc1ccccc1)(Oc1ccccc1)OC(C)C. The molecule has 2 rings (SSSR count). The fraction of sp³-hybridized carbons (Fsp3) is 0.333. The van der Waals surface area contributed by atoms with Crippen LogP contribution in [0.15, 0.2) is 60.7 Å². The van der Waals surface area contributed by atoms with Crippen LogP contribution in [0.3, 0.4) is 0 Å². The molecule has 0 radical (unpaired) electrons. The summed E-state index contributed by atoms with van der Waals surface area (Å²) in [6.07, 6.45) is -0.180. The van der Waals surface area contributed by atoms with Crippen molar-refractivity contribution in [3.8, 4) is 11.5 Å². The molecule has 0 bridgehead atoms. The van der Waals surface area contributed by atoms with Crippen LogP contribution in [0, 0.1) is 0 Å². The zero-order valence-corrected chi connectivity index (χ0v) is 15.1. The number of rotatable bonds is 8. The number of hydrogen-bond donors (Lipinski definition) is 0. The molecule has 2 aromatic carbocycles. The largest absolute Gasteiger partial charge is 0.821 e. The van der Waals surface area contributed by atoms with Gasteiger partial charge in [0.1, 0.15) is 11.5 Å². The molecule has 4 nitrogen and oxygen atoms in total. The van der Waals surface area contributed by atoms with E-state index in [0.29, 0.717) is 11.5 Å². The highest BCUT2D eigenvalue weighted by atomic mass is 28.4. The van der Waals surface area contributed by atoms with Crippen LogP contribution in [0.5, 0.6) is 11.5 Å². The second kappa shape index (κ2) is 8.15. The fourth-order valence-corrected chi connectivity index (χ4v) is 4.28. The standard InChI is InChI=1S/C18H24O4Si/c1-15(2)19-23(20-16(3)4,21-17-11-7-5-8-12-17)22-18-13-9-6-10-14-18/h5-16H,1-4H3. The molecule has 0 saturated heterocycles. The summed E-state index contributed by atoms with van der Waals surface area (Å²) in [7, 11) is -3.40. The van der Waals surface area contributed by atoms with Gasteiger partial charge in [-0.05, 0) is 52.0 Å². The first-order valence-corrected chi connectivity index (χ1v) is 9.46. The normalized spacial score (nSPS) is 11.7. The molecule has 0 spiro atoms. The van der Waals surface area contributed by atoms with E-state index in [1.165, 1.54) is 0 Å². The van der Waals surface area contributed by atoms with Crippen LogP contribution in [0.4, 0.5) is 0 Å². The third-order valence-electron chi connectivity index (χ3n) is 2.73. The van der Waals surface area contributed by atoms with Gasteiger partial charge in [0.2, 0.25) is 0 Å². The number of benzene rings is 2. The van der Waals surface area contributed by atoms with E-state index in [1.54, 1.807) is 0 Å². The predicted molar refractivity (Wildman–Crippen MR) is 92.3 cm³/mol. The summed E-state index contributed by atoms with van der Waals surface area (Å²) in [6.45, 7) is 7.75. The van der Waals surface area contributed by atoms with E-state index < -0.39 is 9.05 Å². The molecule has 0 heterocycles. The first-order chi connectivity index (χ1) is 11.0. The average Bonchev–Trinajstić information content (AvgIpc) is 2.47. The predicted octanol–water partition coefficient (Wildman–Crippen LogP) is 4.43. The maximum Gasteiger partial charge on any atom is 0.821 e. The van der Waals surface area contributed by atoms with Crippen molar-refractivity contribution in [3.63, 3.8) is 0 Å². The van der Waals surface area contributed by atoms with Crippen LogP contribution < -0.4 is 8.85 Å². The Morgan fingerprint density at radius 3 is 1.26 bits per heavy atom. The van der Waals surface area contributed by atoms with Gasteiger partial charge >= 0.3 is 9.05 Å². The van der Waals surface area contributed by atoms with Crippen molar-refractivity contribution in [1.82, 2.24) is 0 Å². The molecular formula is C18H24O4Si. The van der Waals surface area contributed by atoms with E-state index in [1.807, 2.05) is 88.4 Å². The lowest BCUT2D eigenvalue weighted by Gasteiger charge is -2.31. The minimum atomic E-state index is -3.40. The summed E-state index contributed by atoms with van der Waals surface area (Å²) in [6, 6.07) is 18.9. The van der Waals surface area contributed by atoms with Crippen LogP contribution >= 0.6 is 0 Å². The third-order valence-corrected chi connectivity index (χ3v) is 5.22. The topological polar surface area (TPSA) is 36.9 Å². The van der Waals surface area contributed by atoms with E-state index in [-0.39, 0.29) is 12.2 Å². The van der Waals surface area contributed by atoms with E-state index in [9.17, 15) is 0 Å². The van der Waals surface area contributed by atoms with Crippen molar-refractivity contribution < 1.29 is 17.7 Å². The molecule has 0 saturated carbocycles. The lowest BCUT2D eigenvalue weighted by molar-refractivity contribution is 0.000694. The van der Waals surface area contributed by atoms with Crippen molar-refractivity contribution in [2.24, 2.45) is 0 Å². The maximum absolute atomic E-state index is 6.10. The molecule has 0 N–H and O–H groups in total. The van der Waals surface area contributed by atoms with Gasteiger partial charge in [0.15, 0.2) is 0 Å². The molecule has 0 aliphatic rings. The first-order valence-electron chi connectivity index (χ1n) is 7.83. The quantitative estimate of drug-likeness (QED) is 0.670. The van der Waals surface area contributed by atoms with Gasteiger partial charge in [-0.2, -0.15) is 0 Å². The zero-order valence-electron chi connectivity index (χ0n) is 14.1. The van der Waals surface area contributed by atoms with Crippen molar-refractivity contribution in [3.05, 3.63) is 60.7 Å². The Balaban J connectivity index is 2.32. The lowest BCUT2D eigenvalue weighted by atomic mass is 10.3. The Kier molecular flexibility index (Phi) is 6.21. The number of hydrogen-bond acceptors (Lipinski definition) is 4. The van der Waals surface area contributed by atoms with Crippen LogP contribution in [0.25, 0.3) is 0 Å². The minimum Gasteiger partial charge on any atom is -0.471 e. The van der Waals surface area contributed by atoms with E-state index in [4.69, 9.17) is 17.7 Å². The van der Waals surface area contributed by atoms with Gasteiger partial charge in [0, 0.05) is 12.2 Å². The van der Waals surface area contributed by atoms with Crippen LogP contribution in [0.1, 0.15) is 27.7 Å². The third kappa shape index (κ3) is 5.71. The molecule has 23 heavy (non-hydrogen) atoms. The number of para-hydroxylation sites is 2. The molecule has 124 valence electrons. The van der Waals surface area contributed by atoms with Gasteiger partial charge in [-0.25, -0.2) is 0 Å². The molecule has 2 aromatic rings. The highest BCUT2D eigenvalue weighted by Gasteiger charge is 2.53. The molecule has 0 aliphatic heterocycles. The van der Waals surface area contributed by atoms with Crippen molar-refractivity contribution >= 4 is 9.05 Å². The summed E-state index contributed by atoms with van der Waals surface area (Å²) in [5.41, 5.74) is 0. The van der Waals surface area contributed by atoms with Gasteiger partial charge in [0.25, 0.3) is 0 Å². The zero-order chi connectivity index (χ0) is 16.7. The minimum absolute atomic E-state index is 0.0900. The van der Waals surface area contributed by atoms with Crippen molar-refractivity contribution in [1.29, 1.82) is 0 Å². The average molecular weight is 332 g/mol. The maximum atomic E-state index is 6.10. The Bertz CT molecular complexity index is 519. The molecule has 0 amide bonds. The van der Waals surface area contributed by atoms with Gasteiger partial charge in [0.05, 0.1) is 0 Å². The monoisotopic (exact) mass is 332 g/mol. The van der Waals surface area contributed by atoms with Crippen LogP contribution in [-0.2, 0) is 8.85 Å². The van der Waals surface area contributed by atoms with Crippen molar-refractivity contribution in [2.45, 2.75) is 39.9 Å². The molecule has 0 unspecified atom stereocenters. The van der Waals surface area contributed by atoms with Gasteiger partial charge < -0.3 is 17.7 Å². The highest BCUT2D eigenvalue weighted by Crippen LogP contribution is 2.24. The van der Waals surface area contributed by atoms with E-state index in [2.05, 4.69) is 0 Å². The summed E-state index contributed by atoms with van der Waals surface area (Å²) in [5.74, 6) is 1.33. The molecule has 0 aliphatic carbocycles. The summed E-state index contributed by atoms with van der Waals surface area (Å²) >= 11 is 0. The lowest BCUT2D eigenvalue weighted by Crippen LogP contribution is -2.57. The Morgan fingerprint density at radius 1 is 0.609 bits per heavy atom. The molecular weight excluding hydrogens is 308 g/mol. The molecule has 5 heteroatoms. The molecule has 0 atom stereocenters. The first kappa shape index (κ1) is 17.5. The second-order valence-electron chi connectivity index (χ2n) is 5.66. The second-order valence-corrected chi connectivity index (χ2v) is 7.54. The summed E-state index contributed by atoms with van der Waals surface area (Å²) < 4.78 is 24.3. The van der Waals surface area contributed by atoms with Gasteiger partial charge in [-0.3, -0.25) is 0 Å². The van der Waals surface area contributed by atoms with Crippen LogP contribution in [-0.4, -0.2) is 21.3 Å². The highest BCUT2D eigenvalue weighted by molar-refractivity contribution is 6.55. The smallest absolute Gasteiger partial charge is 0.471 e. The Labute approximate surface area is 139 Å². The fourth-order valence-electron chi connectivity index (χ4n) is 1.99. The van der Waals surface area contributed by atoms with Gasteiger partial charge in [-0.1, -0.05) is 36.4 Å². The molecule has 0 aromatic heterocycles. The summed E-state index contributed by atoms with van der Waals surface area (Å²) in [4.78, 5) is 0. The van der Waals surface area contributed by atoms with Crippen LogP contribution in [0.2, 0.25) is 0 Å². The summed E-state index contributed by atoms with van der Waals surface area (Å²) in [5, 5.41) is 0. The molecule has 0 fully saturated rings. The van der Waals surface area contributed by atoms with Gasteiger partial charge in [-0.15, -0.1) is 0 Å².